The van der Waals surface area contributed by atoms with Crippen molar-refractivity contribution < 1.29 is 18.7 Å². The highest BCUT2D eigenvalue weighted by atomic mass is 32.1. The van der Waals surface area contributed by atoms with Gasteiger partial charge in [-0.05, 0) is 25.0 Å². The summed E-state index contributed by atoms with van der Waals surface area (Å²) in [5, 5.41) is 7.96. The van der Waals surface area contributed by atoms with E-state index in [0.29, 0.717) is 23.9 Å². The first-order valence-corrected chi connectivity index (χ1v) is 11.0. The number of hydrogen-bond acceptors (Lipinski definition) is 5. The average Bonchev–Trinajstić information content (AvgIpc) is 3.22. The van der Waals surface area contributed by atoms with Crippen molar-refractivity contribution >= 4 is 29.0 Å². The van der Waals surface area contributed by atoms with Gasteiger partial charge in [-0.3, -0.25) is 4.79 Å². The van der Waals surface area contributed by atoms with Crippen LogP contribution >= 0.6 is 11.3 Å². The number of halogens is 1. The Balaban J connectivity index is 1.62. The summed E-state index contributed by atoms with van der Waals surface area (Å²) in [5.41, 5.74) is 0.471. The van der Waals surface area contributed by atoms with E-state index in [0.717, 1.165) is 25.7 Å². The lowest BCUT2D eigenvalue weighted by molar-refractivity contribution is 0.0923. The Labute approximate surface area is 179 Å². The van der Waals surface area contributed by atoms with Crippen LogP contribution in [0.25, 0.3) is 0 Å². The van der Waals surface area contributed by atoms with E-state index >= 15 is 0 Å². The van der Waals surface area contributed by atoms with Gasteiger partial charge < -0.3 is 20.3 Å². The minimum absolute atomic E-state index is 0.108. The zero-order valence-electron chi connectivity index (χ0n) is 17.0. The maximum Gasteiger partial charge on any atom is 0.322 e. The van der Waals surface area contributed by atoms with Crippen molar-refractivity contribution in [3.8, 4) is 0 Å². The summed E-state index contributed by atoms with van der Waals surface area (Å²) in [5.74, 6) is -0.683. The molecular weight excluding hydrogens is 407 g/mol. The van der Waals surface area contributed by atoms with Gasteiger partial charge in [0.25, 0.3) is 5.91 Å². The van der Waals surface area contributed by atoms with Gasteiger partial charge in [-0.25, -0.2) is 14.2 Å². The number of carbonyl (C=O) groups is 2. The molecule has 2 aromatic rings. The van der Waals surface area contributed by atoms with Crippen molar-refractivity contribution in [3.05, 3.63) is 46.2 Å². The lowest BCUT2D eigenvalue weighted by atomic mass is 9.95. The average molecular weight is 435 g/mol. The summed E-state index contributed by atoms with van der Waals surface area (Å²) in [6.45, 7) is 0.829. The monoisotopic (exact) mass is 434 g/mol. The molecule has 0 radical (unpaired) electrons. The Bertz CT molecular complexity index is 854. The summed E-state index contributed by atoms with van der Waals surface area (Å²) in [6, 6.07) is 5.74. The molecule has 162 valence electrons. The number of nitrogens with zero attached hydrogens (tertiary/aromatic N) is 2. The van der Waals surface area contributed by atoms with E-state index < -0.39 is 11.8 Å². The molecule has 3 amide bonds. The Morgan fingerprint density at radius 2 is 2.03 bits per heavy atom. The molecule has 0 aliphatic heterocycles. The van der Waals surface area contributed by atoms with E-state index in [4.69, 9.17) is 4.74 Å². The van der Waals surface area contributed by atoms with Gasteiger partial charge in [-0.1, -0.05) is 31.4 Å². The van der Waals surface area contributed by atoms with Crippen LogP contribution < -0.4 is 10.6 Å². The first-order valence-electron chi connectivity index (χ1n) is 10.1. The van der Waals surface area contributed by atoms with Crippen LogP contribution in [0.1, 0.15) is 47.6 Å². The predicted molar refractivity (Wildman–Crippen MR) is 114 cm³/mol. The number of rotatable bonds is 8. The van der Waals surface area contributed by atoms with E-state index in [1.165, 1.54) is 34.8 Å². The second kappa shape index (κ2) is 11.0. The molecule has 0 unspecified atom stereocenters. The molecule has 1 heterocycles. The second-order valence-corrected chi connectivity index (χ2v) is 8.20. The second-order valence-electron chi connectivity index (χ2n) is 7.26. The molecule has 7 nitrogen and oxygen atoms in total. The molecular formula is C21H27FN4O3S. The molecule has 30 heavy (non-hydrogen) atoms. The van der Waals surface area contributed by atoms with E-state index in [1.807, 2.05) is 0 Å². The van der Waals surface area contributed by atoms with E-state index in [2.05, 4.69) is 15.6 Å². The van der Waals surface area contributed by atoms with Crippen molar-refractivity contribution in [2.24, 2.45) is 0 Å². The zero-order valence-corrected chi connectivity index (χ0v) is 17.8. The number of amides is 3. The van der Waals surface area contributed by atoms with Crippen LogP contribution in [0.5, 0.6) is 0 Å². The van der Waals surface area contributed by atoms with Crippen LogP contribution in [0.15, 0.2) is 29.6 Å². The first kappa shape index (κ1) is 22.2. The third-order valence-corrected chi connectivity index (χ3v) is 5.85. The van der Waals surface area contributed by atoms with Crippen molar-refractivity contribution in [2.45, 2.75) is 44.7 Å². The number of nitrogens with one attached hydrogen (secondary N) is 2. The van der Waals surface area contributed by atoms with Crippen molar-refractivity contribution in [2.75, 3.05) is 25.6 Å². The van der Waals surface area contributed by atoms with E-state index in [1.54, 1.807) is 24.6 Å². The highest BCUT2D eigenvalue weighted by molar-refractivity contribution is 7.09. The Morgan fingerprint density at radius 3 is 2.77 bits per heavy atom. The number of thiazole rings is 1. The van der Waals surface area contributed by atoms with Crippen LogP contribution in [-0.4, -0.2) is 48.1 Å². The third kappa shape index (κ3) is 6.24. The number of benzene rings is 1. The molecule has 9 heteroatoms. The van der Waals surface area contributed by atoms with E-state index in [9.17, 15) is 14.0 Å². The van der Waals surface area contributed by atoms with Gasteiger partial charge in [0, 0.05) is 25.1 Å². The summed E-state index contributed by atoms with van der Waals surface area (Å²) >= 11 is 1.32. The maximum absolute atomic E-state index is 13.9. The summed E-state index contributed by atoms with van der Waals surface area (Å²) < 4.78 is 18.9. The number of carbonyl (C=O) groups excluding carboxylic acids is 2. The summed E-state index contributed by atoms with van der Waals surface area (Å²) in [7, 11) is 1.55. The first-order chi connectivity index (χ1) is 14.6. The fourth-order valence-corrected chi connectivity index (χ4v) is 4.16. The number of aromatic nitrogens is 1. The van der Waals surface area contributed by atoms with Crippen LogP contribution in [-0.2, 0) is 11.3 Å². The third-order valence-electron chi connectivity index (χ3n) is 5.02. The fraction of sp³-hybridized carbons (Fsp3) is 0.476. The molecule has 3 rings (SSSR count). The van der Waals surface area contributed by atoms with Crippen LogP contribution in [0.2, 0.25) is 0 Å². The quantitative estimate of drug-likeness (QED) is 0.657. The lowest BCUT2D eigenvalue weighted by Gasteiger charge is -2.22. The van der Waals surface area contributed by atoms with Gasteiger partial charge in [-0.15, -0.1) is 11.3 Å². The van der Waals surface area contributed by atoms with Crippen molar-refractivity contribution in [1.82, 2.24) is 15.2 Å². The fourth-order valence-electron chi connectivity index (χ4n) is 3.37. The molecule has 1 fully saturated rings. The number of ether oxygens (including phenoxy) is 1. The number of anilines is 1. The Kier molecular flexibility index (Phi) is 8.15. The molecule has 1 aromatic heterocycles. The van der Waals surface area contributed by atoms with Gasteiger partial charge >= 0.3 is 6.03 Å². The van der Waals surface area contributed by atoms with Crippen LogP contribution in [0.4, 0.5) is 14.9 Å². The highest BCUT2D eigenvalue weighted by Crippen LogP contribution is 2.19. The molecule has 1 aromatic carbocycles. The minimum Gasteiger partial charge on any atom is -0.383 e. The normalized spacial score (nSPS) is 14.3. The highest BCUT2D eigenvalue weighted by Gasteiger charge is 2.21. The number of para-hydroxylation sites is 1. The molecule has 1 saturated carbocycles. The van der Waals surface area contributed by atoms with Gasteiger partial charge in [-0.2, -0.15) is 0 Å². The predicted octanol–water partition coefficient (Wildman–Crippen LogP) is 4.03. The SMILES string of the molecule is COCCN(Cc1nc(C(=O)NC2CCCCC2)cs1)C(=O)Nc1ccccc1F. The van der Waals surface area contributed by atoms with Gasteiger partial charge in [0.2, 0.25) is 0 Å². The number of methoxy groups -OCH3 is 1. The molecule has 1 aliphatic rings. The lowest BCUT2D eigenvalue weighted by Crippen LogP contribution is -2.37. The molecule has 2 N–H and O–H groups in total. The molecule has 0 bridgehead atoms. The van der Waals surface area contributed by atoms with Gasteiger partial charge in [0.15, 0.2) is 0 Å². The summed E-state index contributed by atoms with van der Waals surface area (Å²) in [6.07, 6.45) is 5.50. The van der Waals surface area contributed by atoms with Gasteiger partial charge in [0.05, 0.1) is 18.8 Å². The van der Waals surface area contributed by atoms with Crippen LogP contribution in [0.3, 0.4) is 0 Å². The maximum atomic E-state index is 13.9. The number of urea groups is 1. The molecule has 0 spiro atoms. The Morgan fingerprint density at radius 1 is 1.27 bits per heavy atom. The smallest absolute Gasteiger partial charge is 0.322 e. The Hall–Kier alpha value is -2.52. The van der Waals surface area contributed by atoms with Crippen LogP contribution in [0, 0.1) is 5.82 Å². The van der Waals surface area contributed by atoms with E-state index in [-0.39, 0.29) is 24.2 Å². The standard InChI is InChI=1S/C21H27FN4O3S/c1-29-12-11-26(21(28)25-17-10-6-5-9-16(17)22)13-19-24-18(14-30-19)20(27)23-15-7-3-2-4-8-15/h5-6,9-10,14-15H,2-4,7-8,11-13H2,1H3,(H,23,27)(H,25,28). The summed E-state index contributed by atoms with van der Waals surface area (Å²) in [4.78, 5) is 31.0. The largest absolute Gasteiger partial charge is 0.383 e. The zero-order chi connectivity index (χ0) is 21.3. The molecule has 1 aliphatic carbocycles. The minimum atomic E-state index is -0.506. The molecule has 0 atom stereocenters. The number of hydrogen-bond donors (Lipinski definition) is 2. The topological polar surface area (TPSA) is 83.6 Å². The van der Waals surface area contributed by atoms with Gasteiger partial charge in [0.1, 0.15) is 16.5 Å². The van der Waals surface area contributed by atoms with Crippen molar-refractivity contribution in [3.63, 3.8) is 0 Å². The molecule has 0 saturated heterocycles. The van der Waals surface area contributed by atoms with Crippen molar-refractivity contribution in [1.29, 1.82) is 0 Å².